The van der Waals surface area contributed by atoms with E-state index < -0.39 is 11.0 Å². The van der Waals surface area contributed by atoms with Gasteiger partial charge < -0.3 is 9.47 Å². The Morgan fingerprint density at radius 2 is 1.90 bits per heavy atom. The second-order valence-corrected chi connectivity index (χ2v) is 4.19. The molecule has 0 spiro atoms. The molecule has 0 aromatic heterocycles. The highest BCUT2D eigenvalue weighted by atomic mass is 16.6. The number of nitrogens with zero attached hydrogens (tertiary/aromatic N) is 2. The Morgan fingerprint density at radius 1 is 1.19 bits per heavy atom. The van der Waals surface area contributed by atoms with Gasteiger partial charge in [0.2, 0.25) is 5.75 Å². The fourth-order valence-electron chi connectivity index (χ4n) is 1.66. The smallest absolute Gasteiger partial charge is 0.311 e. The SMILES string of the molecule is CC(C#N)Oc1cccc(Oc2ccccc2[N+](=O)[O-])c1. The molecule has 0 saturated carbocycles. The molecule has 1 unspecified atom stereocenters. The van der Waals surface area contributed by atoms with Gasteiger partial charge in [0.15, 0.2) is 6.10 Å². The predicted octanol–water partition coefficient (Wildman–Crippen LogP) is 3.68. The molecule has 0 aliphatic carbocycles. The molecule has 2 aromatic rings. The van der Waals surface area contributed by atoms with Crippen molar-refractivity contribution in [3.05, 3.63) is 58.6 Å². The van der Waals surface area contributed by atoms with Gasteiger partial charge in [-0.1, -0.05) is 18.2 Å². The number of benzene rings is 2. The van der Waals surface area contributed by atoms with E-state index in [4.69, 9.17) is 14.7 Å². The highest BCUT2D eigenvalue weighted by Gasteiger charge is 2.14. The van der Waals surface area contributed by atoms with Crippen molar-refractivity contribution < 1.29 is 14.4 Å². The Morgan fingerprint density at radius 3 is 2.62 bits per heavy atom. The minimum absolute atomic E-state index is 0.116. The summed E-state index contributed by atoms with van der Waals surface area (Å²) in [6.07, 6.45) is -0.591. The van der Waals surface area contributed by atoms with Crippen LogP contribution in [0.2, 0.25) is 0 Å². The van der Waals surface area contributed by atoms with Crippen LogP contribution in [0.15, 0.2) is 48.5 Å². The van der Waals surface area contributed by atoms with E-state index in [0.717, 1.165) is 0 Å². The molecule has 6 nitrogen and oxygen atoms in total. The van der Waals surface area contributed by atoms with Gasteiger partial charge in [0, 0.05) is 12.1 Å². The van der Waals surface area contributed by atoms with Gasteiger partial charge >= 0.3 is 5.69 Å². The topological polar surface area (TPSA) is 85.4 Å². The fourth-order valence-corrected chi connectivity index (χ4v) is 1.66. The zero-order chi connectivity index (χ0) is 15.2. The third-order valence-electron chi connectivity index (χ3n) is 2.59. The van der Waals surface area contributed by atoms with Crippen molar-refractivity contribution >= 4 is 5.69 Å². The van der Waals surface area contributed by atoms with Gasteiger partial charge in [-0.15, -0.1) is 0 Å². The monoisotopic (exact) mass is 284 g/mol. The fraction of sp³-hybridized carbons (Fsp3) is 0.133. The Bertz CT molecular complexity index is 694. The van der Waals surface area contributed by atoms with Crippen molar-refractivity contribution in [2.24, 2.45) is 0 Å². The number of hydrogen-bond donors (Lipinski definition) is 0. The lowest BCUT2D eigenvalue weighted by Crippen LogP contribution is -2.07. The summed E-state index contributed by atoms with van der Waals surface area (Å²) in [6, 6.07) is 14.7. The third-order valence-corrected chi connectivity index (χ3v) is 2.59. The zero-order valence-corrected chi connectivity index (χ0v) is 11.2. The maximum Gasteiger partial charge on any atom is 0.311 e. The van der Waals surface area contributed by atoms with E-state index in [9.17, 15) is 10.1 Å². The van der Waals surface area contributed by atoms with Crippen molar-refractivity contribution in [1.82, 2.24) is 0 Å². The minimum Gasteiger partial charge on any atom is -0.476 e. The summed E-state index contributed by atoms with van der Waals surface area (Å²) >= 11 is 0. The van der Waals surface area contributed by atoms with E-state index in [1.807, 2.05) is 6.07 Å². The minimum atomic E-state index is -0.591. The summed E-state index contributed by atoms with van der Waals surface area (Å²) in [7, 11) is 0. The second kappa shape index (κ2) is 6.39. The van der Waals surface area contributed by atoms with Crippen LogP contribution >= 0.6 is 0 Å². The molecule has 0 heterocycles. The van der Waals surface area contributed by atoms with Gasteiger partial charge in [0.1, 0.15) is 17.6 Å². The maximum absolute atomic E-state index is 10.9. The third kappa shape index (κ3) is 3.70. The summed E-state index contributed by atoms with van der Waals surface area (Å²) in [5.41, 5.74) is -0.116. The van der Waals surface area contributed by atoms with Crippen molar-refractivity contribution in [2.45, 2.75) is 13.0 Å². The molecule has 21 heavy (non-hydrogen) atoms. The molecule has 1 atom stereocenters. The summed E-state index contributed by atoms with van der Waals surface area (Å²) in [6.45, 7) is 1.62. The van der Waals surface area contributed by atoms with Crippen LogP contribution in [0, 0.1) is 21.4 Å². The zero-order valence-electron chi connectivity index (χ0n) is 11.2. The van der Waals surface area contributed by atoms with Crippen LogP contribution in [0.25, 0.3) is 0 Å². The van der Waals surface area contributed by atoms with Crippen LogP contribution in [0.4, 0.5) is 5.69 Å². The Hall–Kier alpha value is -3.07. The molecule has 2 aromatic carbocycles. The quantitative estimate of drug-likeness (QED) is 0.617. The molecule has 0 bridgehead atoms. The van der Waals surface area contributed by atoms with E-state index >= 15 is 0 Å². The number of para-hydroxylation sites is 2. The summed E-state index contributed by atoms with van der Waals surface area (Å²) in [5.74, 6) is 1.00. The molecule has 0 N–H and O–H groups in total. The number of nitriles is 1. The van der Waals surface area contributed by atoms with E-state index in [0.29, 0.717) is 11.5 Å². The summed E-state index contributed by atoms with van der Waals surface area (Å²) < 4.78 is 10.9. The summed E-state index contributed by atoms with van der Waals surface area (Å²) in [4.78, 5) is 10.4. The van der Waals surface area contributed by atoms with Crippen LogP contribution in [-0.2, 0) is 0 Å². The molecule has 106 valence electrons. The Labute approximate surface area is 121 Å². The first kappa shape index (κ1) is 14.3. The van der Waals surface area contributed by atoms with Gasteiger partial charge in [0.05, 0.1) is 4.92 Å². The molecule has 0 fully saturated rings. The highest BCUT2D eigenvalue weighted by Crippen LogP contribution is 2.32. The van der Waals surface area contributed by atoms with Crippen molar-refractivity contribution in [1.29, 1.82) is 5.26 Å². The molecule has 0 saturated heterocycles. The number of nitro benzene ring substituents is 1. The van der Waals surface area contributed by atoms with Crippen LogP contribution in [0.5, 0.6) is 17.2 Å². The van der Waals surface area contributed by atoms with Crippen molar-refractivity contribution in [3.63, 3.8) is 0 Å². The van der Waals surface area contributed by atoms with Crippen LogP contribution in [-0.4, -0.2) is 11.0 Å². The number of hydrogen-bond acceptors (Lipinski definition) is 5. The predicted molar refractivity (Wildman–Crippen MR) is 75.3 cm³/mol. The second-order valence-electron chi connectivity index (χ2n) is 4.19. The van der Waals surface area contributed by atoms with Crippen LogP contribution < -0.4 is 9.47 Å². The Kier molecular flexibility index (Phi) is 4.36. The van der Waals surface area contributed by atoms with E-state index in [1.54, 1.807) is 43.3 Å². The van der Waals surface area contributed by atoms with Gasteiger partial charge in [-0.05, 0) is 25.1 Å². The number of ether oxygens (including phenoxy) is 2. The van der Waals surface area contributed by atoms with Gasteiger partial charge in [-0.25, -0.2) is 0 Å². The first-order chi connectivity index (χ1) is 10.1. The molecule has 0 radical (unpaired) electrons. The largest absolute Gasteiger partial charge is 0.476 e. The molecule has 6 heteroatoms. The molecule has 0 aliphatic rings. The van der Waals surface area contributed by atoms with E-state index in [2.05, 4.69) is 0 Å². The van der Waals surface area contributed by atoms with Gasteiger partial charge in [-0.3, -0.25) is 10.1 Å². The lowest BCUT2D eigenvalue weighted by Gasteiger charge is -2.10. The molecule has 0 aliphatic heterocycles. The lowest BCUT2D eigenvalue weighted by molar-refractivity contribution is -0.385. The number of rotatable bonds is 5. The Balaban J connectivity index is 2.23. The first-order valence-electron chi connectivity index (χ1n) is 6.18. The van der Waals surface area contributed by atoms with Gasteiger partial charge in [-0.2, -0.15) is 5.26 Å². The average Bonchev–Trinajstić information content (AvgIpc) is 2.48. The van der Waals surface area contributed by atoms with E-state index in [1.165, 1.54) is 12.1 Å². The standard InChI is InChI=1S/C15H12N2O4/c1-11(10-16)20-12-5-4-6-13(9-12)21-15-8-3-2-7-14(15)17(18)19/h2-9,11H,1H3. The van der Waals surface area contributed by atoms with Crippen LogP contribution in [0.3, 0.4) is 0 Å². The summed E-state index contributed by atoms with van der Waals surface area (Å²) in [5, 5.41) is 19.6. The molecular formula is C15H12N2O4. The lowest BCUT2D eigenvalue weighted by atomic mass is 10.3. The maximum atomic E-state index is 10.9. The van der Waals surface area contributed by atoms with Gasteiger partial charge in [0.25, 0.3) is 0 Å². The molecule has 2 rings (SSSR count). The van der Waals surface area contributed by atoms with Crippen molar-refractivity contribution in [2.75, 3.05) is 0 Å². The van der Waals surface area contributed by atoms with Crippen molar-refractivity contribution in [3.8, 4) is 23.3 Å². The normalized spacial score (nSPS) is 11.2. The molecule has 0 amide bonds. The first-order valence-corrected chi connectivity index (χ1v) is 6.18. The molecular weight excluding hydrogens is 272 g/mol. The van der Waals surface area contributed by atoms with E-state index in [-0.39, 0.29) is 11.4 Å². The van der Waals surface area contributed by atoms with Crippen LogP contribution in [0.1, 0.15) is 6.92 Å². The highest BCUT2D eigenvalue weighted by molar-refractivity contribution is 5.48. The average molecular weight is 284 g/mol. The number of nitro groups is 1.